The molecule has 3 rings (SSSR count). The molecule has 1 N–H and O–H groups in total. The van der Waals surface area contributed by atoms with Crippen LogP contribution in [0.15, 0.2) is 42.0 Å². The van der Waals surface area contributed by atoms with E-state index in [9.17, 15) is 10.1 Å². The van der Waals surface area contributed by atoms with Gasteiger partial charge in [-0.1, -0.05) is 44.2 Å². The summed E-state index contributed by atoms with van der Waals surface area (Å²) >= 11 is 0. The number of ether oxygens (including phenoxy) is 2. The molecule has 2 aromatic rings. The van der Waals surface area contributed by atoms with E-state index in [1.807, 2.05) is 42.5 Å². The Balaban J connectivity index is 1.83. The lowest BCUT2D eigenvalue weighted by Gasteiger charge is -2.13. The first-order valence-electron chi connectivity index (χ1n) is 9.74. The van der Waals surface area contributed by atoms with Gasteiger partial charge in [-0.2, -0.15) is 5.26 Å². The number of nitrogens with one attached hydrogen (secondary N) is 1. The highest BCUT2D eigenvalue weighted by Crippen LogP contribution is 2.30. The Bertz CT molecular complexity index is 906. The van der Waals surface area contributed by atoms with Crippen LogP contribution in [-0.4, -0.2) is 31.8 Å². The van der Waals surface area contributed by atoms with Gasteiger partial charge < -0.3 is 14.8 Å². The van der Waals surface area contributed by atoms with Gasteiger partial charge in [0.1, 0.15) is 17.4 Å². The van der Waals surface area contributed by atoms with Crippen LogP contribution >= 0.6 is 0 Å². The van der Waals surface area contributed by atoms with Gasteiger partial charge in [-0.05, 0) is 41.9 Å². The second-order valence-electron chi connectivity index (χ2n) is 7.42. The number of hydrogen-bond donors (Lipinski definition) is 1. The molecular weight excluding hydrogens is 352 g/mol. The normalized spacial score (nSPS) is 16.9. The summed E-state index contributed by atoms with van der Waals surface area (Å²) < 4.78 is 11.4. The largest absolute Gasteiger partial charge is 0.493 e. The van der Waals surface area contributed by atoms with Gasteiger partial charge in [0.2, 0.25) is 0 Å². The molecule has 5 nitrogen and oxygen atoms in total. The molecule has 1 atom stereocenters. The van der Waals surface area contributed by atoms with Crippen molar-refractivity contribution in [2.75, 3.05) is 19.8 Å². The molecule has 1 fully saturated rings. The Morgan fingerprint density at radius 1 is 1.32 bits per heavy atom. The van der Waals surface area contributed by atoms with E-state index in [1.165, 1.54) is 0 Å². The lowest BCUT2D eigenvalue weighted by molar-refractivity contribution is -0.117. The van der Waals surface area contributed by atoms with Crippen LogP contribution in [0.3, 0.4) is 0 Å². The van der Waals surface area contributed by atoms with Gasteiger partial charge in [-0.25, -0.2) is 0 Å². The van der Waals surface area contributed by atoms with Crippen LogP contribution in [0.1, 0.15) is 32.3 Å². The zero-order chi connectivity index (χ0) is 19.9. The van der Waals surface area contributed by atoms with E-state index in [0.29, 0.717) is 19.1 Å². The van der Waals surface area contributed by atoms with E-state index in [1.54, 1.807) is 6.08 Å². The third-order valence-corrected chi connectivity index (χ3v) is 4.67. The highest BCUT2D eigenvalue weighted by Gasteiger charge is 2.18. The lowest BCUT2D eigenvalue weighted by atomic mass is 10.0. The van der Waals surface area contributed by atoms with Crippen LogP contribution < -0.4 is 10.1 Å². The Morgan fingerprint density at radius 3 is 2.79 bits per heavy atom. The Labute approximate surface area is 165 Å². The van der Waals surface area contributed by atoms with Crippen molar-refractivity contribution < 1.29 is 14.3 Å². The second kappa shape index (κ2) is 9.38. The van der Waals surface area contributed by atoms with Crippen LogP contribution in [0, 0.1) is 17.2 Å². The Kier molecular flexibility index (Phi) is 6.67. The fraction of sp³-hybridized carbons (Fsp3) is 0.391. The summed E-state index contributed by atoms with van der Waals surface area (Å²) in [5, 5.41) is 14.2. The van der Waals surface area contributed by atoms with Gasteiger partial charge in [-0.3, -0.25) is 4.79 Å². The molecule has 1 saturated heterocycles. The highest BCUT2D eigenvalue weighted by atomic mass is 16.5. The number of benzene rings is 2. The molecule has 1 aliphatic rings. The fourth-order valence-corrected chi connectivity index (χ4v) is 3.21. The summed E-state index contributed by atoms with van der Waals surface area (Å²) in [5.74, 6) is 0.862. The molecule has 1 aliphatic heterocycles. The molecular formula is C23H26N2O3. The lowest BCUT2D eigenvalue weighted by Crippen LogP contribution is -2.32. The zero-order valence-electron chi connectivity index (χ0n) is 16.4. The summed E-state index contributed by atoms with van der Waals surface area (Å²) in [5.41, 5.74) is 0.898. The number of carbonyl (C=O) groups excluding carboxylic acids is 1. The maximum Gasteiger partial charge on any atom is 0.262 e. The first-order valence-corrected chi connectivity index (χ1v) is 9.74. The molecule has 1 heterocycles. The van der Waals surface area contributed by atoms with E-state index >= 15 is 0 Å². The highest BCUT2D eigenvalue weighted by molar-refractivity contribution is 6.04. The molecule has 1 amide bonds. The Morgan fingerprint density at radius 2 is 2.11 bits per heavy atom. The number of carbonyl (C=O) groups is 1. The maximum atomic E-state index is 12.4. The summed E-state index contributed by atoms with van der Waals surface area (Å²) in [6.45, 7) is 6.01. The van der Waals surface area contributed by atoms with Crippen molar-refractivity contribution in [1.82, 2.24) is 5.32 Å². The smallest absolute Gasteiger partial charge is 0.262 e. The third-order valence-electron chi connectivity index (χ3n) is 4.67. The van der Waals surface area contributed by atoms with Gasteiger partial charge in [0.05, 0.1) is 12.7 Å². The number of nitriles is 1. The minimum Gasteiger partial charge on any atom is -0.493 e. The summed E-state index contributed by atoms with van der Waals surface area (Å²) in [7, 11) is 0. The van der Waals surface area contributed by atoms with E-state index < -0.39 is 0 Å². The first-order chi connectivity index (χ1) is 13.6. The topological polar surface area (TPSA) is 71.3 Å². The molecule has 2 aromatic carbocycles. The van der Waals surface area contributed by atoms with E-state index in [4.69, 9.17) is 9.47 Å². The number of hydrogen-bond acceptors (Lipinski definition) is 4. The van der Waals surface area contributed by atoms with Crippen molar-refractivity contribution in [3.63, 3.8) is 0 Å². The van der Waals surface area contributed by atoms with Crippen molar-refractivity contribution in [3.05, 3.63) is 47.5 Å². The van der Waals surface area contributed by atoms with Crippen molar-refractivity contribution in [3.8, 4) is 11.8 Å². The first kappa shape index (κ1) is 19.9. The molecule has 0 saturated carbocycles. The quantitative estimate of drug-likeness (QED) is 0.582. The third kappa shape index (κ3) is 4.90. The standard InChI is InChI=1S/C23H26N2O3/c1-16(2)15-28-22-10-9-17(20-7-3-4-8-21(20)22)12-18(13-24)23(26)25-14-19-6-5-11-27-19/h3-4,7-10,12,16,19H,5-6,11,14-15H2,1-2H3,(H,25,26)/b18-12+/t19-/m0/s1. The fourth-order valence-electron chi connectivity index (χ4n) is 3.21. The minimum absolute atomic E-state index is 0.0436. The molecule has 146 valence electrons. The maximum absolute atomic E-state index is 12.4. The molecule has 28 heavy (non-hydrogen) atoms. The molecule has 0 radical (unpaired) electrons. The molecule has 0 unspecified atom stereocenters. The van der Waals surface area contributed by atoms with Gasteiger partial charge in [0, 0.05) is 18.5 Å². The van der Waals surface area contributed by atoms with Crippen LogP contribution in [0.2, 0.25) is 0 Å². The number of fused-ring (bicyclic) bond motifs is 1. The predicted molar refractivity (Wildman–Crippen MR) is 110 cm³/mol. The molecule has 0 aliphatic carbocycles. The van der Waals surface area contributed by atoms with Gasteiger partial charge in [0.15, 0.2) is 0 Å². The average molecular weight is 378 g/mol. The second-order valence-corrected chi connectivity index (χ2v) is 7.42. The molecule has 0 bridgehead atoms. The van der Waals surface area contributed by atoms with Crippen molar-refractivity contribution in [2.45, 2.75) is 32.8 Å². The summed E-state index contributed by atoms with van der Waals surface area (Å²) in [4.78, 5) is 12.4. The molecule has 0 spiro atoms. The minimum atomic E-state index is -0.373. The SMILES string of the molecule is CC(C)COc1ccc(/C=C(\C#N)C(=O)NC[C@@H]2CCCO2)c2ccccc12. The van der Waals surface area contributed by atoms with Crippen molar-refractivity contribution >= 4 is 22.8 Å². The van der Waals surface area contributed by atoms with Crippen LogP contribution in [0.4, 0.5) is 0 Å². The van der Waals surface area contributed by atoms with Crippen LogP contribution in [0.5, 0.6) is 5.75 Å². The molecule has 0 aromatic heterocycles. The van der Waals surface area contributed by atoms with Crippen molar-refractivity contribution in [2.24, 2.45) is 5.92 Å². The van der Waals surface area contributed by atoms with Gasteiger partial charge in [-0.15, -0.1) is 0 Å². The molecule has 5 heteroatoms. The van der Waals surface area contributed by atoms with E-state index in [0.717, 1.165) is 41.5 Å². The summed E-state index contributed by atoms with van der Waals surface area (Å²) in [6.07, 6.45) is 3.63. The Hall–Kier alpha value is -2.84. The van der Waals surface area contributed by atoms with Gasteiger partial charge in [0.25, 0.3) is 5.91 Å². The van der Waals surface area contributed by atoms with Gasteiger partial charge >= 0.3 is 0 Å². The van der Waals surface area contributed by atoms with E-state index in [2.05, 4.69) is 19.2 Å². The number of nitrogens with zero attached hydrogens (tertiary/aromatic N) is 1. The summed E-state index contributed by atoms with van der Waals surface area (Å²) in [6, 6.07) is 13.7. The predicted octanol–water partition coefficient (Wildman–Crippen LogP) is 4.08. The van der Waals surface area contributed by atoms with Crippen LogP contribution in [0.25, 0.3) is 16.8 Å². The van der Waals surface area contributed by atoms with Crippen molar-refractivity contribution in [1.29, 1.82) is 5.26 Å². The van der Waals surface area contributed by atoms with Crippen LogP contribution in [-0.2, 0) is 9.53 Å². The average Bonchev–Trinajstić information content (AvgIpc) is 3.22. The number of rotatable bonds is 7. The number of amides is 1. The monoisotopic (exact) mass is 378 g/mol. The van der Waals surface area contributed by atoms with E-state index in [-0.39, 0.29) is 17.6 Å². The zero-order valence-corrected chi connectivity index (χ0v) is 16.4.